The molecule has 118 valence electrons. The van der Waals surface area contributed by atoms with Gasteiger partial charge in [-0.1, -0.05) is 39.0 Å². The molecular weight excluding hydrogens is 288 g/mol. The highest BCUT2D eigenvalue weighted by Gasteiger charge is 2.36. The minimum absolute atomic E-state index is 0. The molecule has 1 amide bonds. The third-order valence-electron chi connectivity index (χ3n) is 3.82. The van der Waals surface area contributed by atoms with Crippen LogP contribution in [0.2, 0.25) is 0 Å². The predicted octanol–water partition coefficient (Wildman–Crippen LogP) is 2.85. The Bertz CT molecular complexity index is 491. The van der Waals surface area contributed by atoms with Crippen LogP contribution in [0.1, 0.15) is 39.2 Å². The molecule has 5 heteroatoms. The van der Waals surface area contributed by atoms with Gasteiger partial charge < -0.3 is 15.8 Å². The number of para-hydroxylation sites is 1. The average molecular weight is 313 g/mol. The van der Waals surface area contributed by atoms with Crippen molar-refractivity contribution in [2.45, 2.75) is 44.6 Å². The molecule has 0 radical (unpaired) electrons. The van der Waals surface area contributed by atoms with E-state index in [-0.39, 0.29) is 23.7 Å². The van der Waals surface area contributed by atoms with Gasteiger partial charge in [0.25, 0.3) is 0 Å². The number of nitrogens with two attached hydrogens (primary N) is 1. The van der Waals surface area contributed by atoms with Crippen molar-refractivity contribution in [1.29, 1.82) is 0 Å². The van der Waals surface area contributed by atoms with Gasteiger partial charge in [0.2, 0.25) is 5.91 Å². The van der Waals surface area contributed by atoms with E-state index < -0.39 is 5.54 Å². The van der Waals surface area contributed by atoms with Crippen LogP contribution in [-0.2, 0) is 14.9 Å². The molecular formula is C16H25ClN2O2. The maximum Gasteiger partial charge on any atom is 0.244 e. The second kappa shape index (κ2) is 6.77. The number of anilines is 1. The standard InChI is InChI=1S/C16H24N2O2.ClH/c1-15(2,3)12-6-4-5-7-13(12)18-14(19)16(17)8-10-20-11-9-16;/h4-7H,8-11,17H2,1-3H3,(H,18,19);1H. The molecule has 0 saturated carbocycles. The van der Waals surface area contributed by atoms with Gasteiger partial charge in [-0.3, -0.25) is 4.79 Å². The molecule has 3 N–H and O–H groups in total. The Morgan fingerprint density at radius 1 is 1.24 bits per heavy atom. The van der Waals surface area contributed by atoms with E-state index in [0.717, 1.165) is 11.3 Å². The molecule has 1 aliphatic rings. The van der Waals surface area contributed by atoms with Gasteiger partial charge in [0.1, 0.15) is 5.54 Å². The molecule has 1 aromatic rings. The van der Waals surface area contributed by atoms with E-state index >= 15 is 0 Å². The lowest BCUT2D eigenvalue weighted by atomic mass is 9.85. The fourth-order valence-corrected chi connectivity index (χ4v) is 2.46. The summed E-state index contributed by atoms with van der Waals surface area (Å²) in [4.78, 5) is 12.5. The molecule has 0 spiro atoms. The first kappa shape index (κ1) is 18.0. The molecule has 1 aromatic carbocycles. The molecule has 0 bridgehead atoms. The maximum atomic E-state index is 12.5. The number of carbonyl (C=O) groups excluding carboxylic acids is 1. The zero-order chi connectivity index (χ0) is 14.8. The number of rotatable bonds is 2. The van der Waals surface area contributed by atoms with Crippen LogP contribution >= 0.6 is 12.4 Å². The van der Waals surface area contributed by atoms with E-state index in [4.69, 9.17) is 10.5 Å². The van der Waals surface area contributed by atoms with Gasteiger partial charge in [0.05, 0.1) is 0 Å². The Morgan fingerprint density at radius 2 is 1.81 bits per heavy atom. The number of ether oxygens (including phenoxy) is 1. The van der Waals surface area contributed by atoms with Crippen LogP contribution in [0.15, 0.2) is 24.3 Å². The maximum absolute atomic E-state index is 12.5. The summed E-state index contributed by atoms with van der Waals surface area (Å²) in [6.45, 7) is 7.48. The molecule has 1 saturated heterocycles. The molecule has 0 aromatic heterocycles. The monoisotopic (exact) mass is 312 g/mol. The van der Waals surface area contributed by atoms with Crippen LogP contribution in [0.4, 0.5) is 5.69 Å². The second-order valence-electron chi connectivity index (χ2n) is 6.52. The van der Waals surface area contributed by atoms with Crippen molar-refractivity contribution >= 4 is 24.0 Å². The average Bonchev–Trinajstić information content (AvgIpc) is 2.39. The first-order valence-electron chi connectivity index (χ1n) is 7.10. The van der Waals surface area contributed by atoms with Crippen molar-refractivity contribution in [2.24, 2.45) is 5.73 Å². The summed E-state index contributed by atoms with van der Waals surface area (Å²) in [6.07, 6.45) is 1.13. The van der Waals surface area contributed by atoms with Crippen LogP contribution < -0.4 is 11.1 Å². The number of halogens is 1. The van der Waals surface area contributed by atoms with E-state index in [0.29, 0.717) is 26.1 Å². The van der Waals surface area contributed by atoms with Crippen LogP contribution in [0.3, 0.4) is 0 Å². The molecule has 0 unspecified atom stereocenters. The third-order valence-corrected chi connectivity index (χ3v) is 3.82. The Labute approximate surface area is 132 Å². The largest absolute Gasteiger partial charge is 0.381 e. The summed E-state index contributed by atoms with van der Waals surface area (Å²) in [6, 6.07) is 7.89. The topological polar surface area (TPSA) is 64.4 Å². The van der Waals surface area contributed by atoms with E-state index in [9.17, 15) is 4.79 Å². The smallest absolute Gasteiger partial charge is 0.244 e. The summed E-state index contributed by atoms with van der Waals surface area (Å²) in [5, 5.41) is 3.01. The lowest BCUT2D eigenvalue weighted by molar-refractivity contribution is -0.124. The van der Waals surface area contributed by atoms with E-state index in [1.54, 1.807) is 0 Å². The normalized spacial score (nSPS) is 17.7. The molecule has 1 heterocycles. The first-order chi connectivity index (χ1) is 9.33. The Kier molecular flexibility index (Phi) is 5.79. The first-order valence-corrected chi connectivity index (χ1v) is 7.10. The Morgan fingerprint density at radius 3 is 2.38 bits per heavy atom. The highest BCUT2D eigenvalue weighted by atomic mass is 35.5. The van der Waals surface area contributed by atoms with Gasteiger partial charge in [-0.05, 0) is 29.9 Å². The van der Waals surface area contributed by atoms with Gasteiger partial charge in [0.15, 0.2) is 0 Å². The number of hydrogen-bond donors (Lipinski definition) is 2. The van der Waals surface area contributed by atoms with Crippen molar-refractivity contribution in [3.05, 3.63) is 29.8 Å². The van der Waals surface area contributed by atoms with Crippen LogP contribution in [0.25, 0.3) is 0 Å². The Balaban J connectivity index is 0.00000220. The number of nitrogens with one attached hydrogen (secondary N) is 1. The summed E-state index contributed by atoms with van der Waals surface area (Å²) in [5.74, 6) is -0.113. The number of hydrogen-bond acceptors (Lipinski definition) is 3. The highest BCUT2D eigenvalue weighted by molar-refractivity contribution is 5.98. The molecule has 21 heavy (non-hydrogen) atoms. The van der Waals surface area contributed by atoms with Gasteiger partial charge in [-0.25, -0.2) is 0 Å². The van der Waals surface area contributed by atoms with Gasteiger partial charge in [-0.15, -0.1) is 12.4 Å². The predicted molar refractivity (Wildman–Crippen MR) is 88.0 cm³/mol. The fraction of sp³-hybridized carbons (Fsp3) is 0.562. The molecule has 1 fully saturated rings. The highest BCUT2D eigenvalue weighted by Crippen LogP contribution is 2.30. The number of carbonyl (C=O) groups is 1. The molecule has 1 aliphatic heterocycles. The summed E-state index contributed by atoms with van der Waals surface area (Å²) >= 11 is 0. The van der Waals surface area contributed by atoms with E-state index in [1.165, 1.54) is 0 Å². The Hall–Kier alpha value is -1.10. The van der Waals surface area contributed by atoms with Gasteiger partial charge in [0, 0.05) is 18.9 Å². The second-order valence-corrected chi connectivity index (χ2v) is 6.52. The van der Waals surface area contributed by atoms with Crippen LogP contribution in [-0.4, -0.2) is 24.7 Å². The minimum atomic E-state index is -0.816. The van der Waals surface area contributed by atoms with E-state index in [1.807, 2.05) is 24.3 Å². The third kappa shape index (κ3) is 4.19. The number of amides is 1. The van der Waals surface area contributed by atoms with Crippen LogP contribution in [0, 0.1) is 0 Å². The fourth-order valence-electron chi connectivity index (χ4n) is 2.46. The SMILES string of the molecule is CC(C)(C)c1ccccc1NC(=O)C1(N)CCOCC1.Cl. The molecule has 2 rings (SSSR count). The lowest BCUT2D eigenvalue weighted by Gasteiger charge is -2.32. The quantitative estimate of drug-likeness (QED) is 0.882. The molecule has 0 aliphatic carbocycles. The summed E-state index contributed by atoms with van der Waals surface area (Å²) in [7, 11) is 0. The summed E-state index contributed by atoms with van der Waals surface area (Å²) < 4.78 is 5.28. The number of benzene rings is 1. The van der Waals surface area contributed by atoms with E-state index in [2.05, 4.69) is 26.1 Å². The van der Waals surface area contributed by atoms with Crippen molar-refractivity contribution in [1.82, 2.24) is 0 Å². The van der Waals surface area contributed by atoms with Gasteiger partial charge >= 0.3 is 0 Å². The minimum Gasteiger partial charge on any atom is -0.381 e. The van der Waals surface area contributed by atoms with Crippen molar-refractivity contribution in [3.8, 4) is 0 Å². The molecule has 0 atom stereocenters. The molecule has 4 nitrogen and oxygen atoms in total. The lowest BCUT2D eigenvalue weighted by Crippen LogP contribution is -2.54. The van der Waals surface area contributed by atoms with Crippen molar-refractivity contribution in [2.75, 3.05) is 18.5 Å². The summed E-state index contributed by atoms with van der Waals surface area (Å²) in [5.41, 5.74) is 7.34. The zero-order valence-electron chi connectivity index (χ0n) is 12.9. The van der Waals surface area contributed by atoms with Gasteiger partial charge in [-0.2, -0.15) is 0 Å². The zero-order valence-corrected chi connectivity index (χ0v) is 13.8. The van der Waals surface area contributed by atoms with Crippen molar-refractivity contribution < 1.29 is 9.53 Å². The van der Waals surface area contributed by atoms with Crippen LogP contribution in [0.5, 0.6) is 0 Å². The van der Waals surface area contributed by atoms with Crippen molar-refractivity contribution in [3.63, 3.8) is 0 Å².